The molecule has 1 aromatic heterocycles. The van der Waals surface area contributed by atoms with Crippen LogP contribution < -0.4 is 10.9 Å². The molecule has 0 aliphatic rings. The van der Waals surface area contributed by atoms with Gasteiger partial charge in [0.15, 0.2) is 0 Å². The number of rotatable bonds is 3. The van der Waals surface area contributed by atoms with Gasteiger partial charge in [-0.15, -0.1) is 0 Å². The van der Waals surface area contributed by atoms with E-state index in [2.05, 4.69) is 11.9 Å². The Morgan fingerprint density at radius 1 is 1.64 bits per heavy atom. The van der Waals surface area contributed by atoms with Gasteiger partial charge >= 0.3 is 0 Å². The van der Waals surface area contributed by atoms with Gasteiger partial charge in [0.2, 0.25) is 5.91 Å². The van der Waals surface area contributed by atoms with Gasteiger partial charge in [0.25, 0.3) is 5.56 Å². The fourth-order valence-corrected chi connectivity index (χ4v) is 1.05. The second-order valence-electron chi connectivity index (χ2n) is 2.74. The first kappa shape index (κ1) is 10.2. The molecule has 1 heterocycles. The molecule has 0 saturated heterocycles. The number of nitrogens with zero attached hydrogens (tertiary/aromatic N) is 1. The quantitative estimate of drug-likeness (QED) is 0.726. The van der Waals surface area contributed by atoms with Crippen LogP contribution in [0.15, 0.2) is 35.8 Å². The first-order valence-electron chi connectivity index (χ1n) is 4.31. The number of carbonyl (C=O) groups is 1. The zero-order chi connectivity index (χ0) is 10.6. The SMILES string of the molecule is C=CC(=O)Nc1ccc(=O)n(CC)c1. The summed E-state index contributed by atoms with van der Waals surface area (Å²) >= 11 is 0. The van der Waals surface area contributed by atoms with Crippen molar-refractivity contribution in [2.24, 2.45) is 0 Å². The van der Waals surface area contributed by atoms with Crippen LogP contribution in [-0.4, -0.2) is 10.5 Å². The minimum atomic E-state index is -0.286. The third kappa shape index (κ3) is 2.32. The molecule has 4 heteroatoms. The molecule has 0 radical (unpaired) electrons. The van der Waals surface area contributed by atoms with E-state index in [1.165, 1.54) is 16.7 Å². The average Bonchev–Trinajstić information content (AvgIpc) is 2.20. The van der Waals surface area contributed by atoms with Crippen LogP contribution in [0.2, 0.25) is 0 Å². The average molecular weight is 192 g/mol. The Labute approximate surface area is 81.9 Å². The fourth-order valence-electron chi connectivity index (χ4n) is 1.05. The molecule has 1 N–H and O–H groups in total. The van der Waals surface area contributed by atoms with Crippen molar-refractivity contribution < 1.29 is 4.79 Å². The third-order valence-corrected chi connectivity index (χ3v) is 1.78. The molecule has 14 heavy (non-hydrogen) atoms. The highest BCUT2D eigenvalue weighted by Gasteiger charge is 1.98. The second kappa shape index (κ2) is 4.41. The smallest absolute Gasteiger partial charge is 0.250 e. The number of anilines is 1. The van der Waals surface area contributed by atoms with Gasteiger partial charge in [-0.2, -0.15) is 0 Å². The van der Waals surface area contributed by atoms with Gasteiger partial charge in [-0.05, 0) is 19.1 Å². The molecule has 0 spiro atoms. The lowest BCUT2D eigenvalue weighted by Crippen LogP contribution is -2.18. The van der Waals surface area contributed by atoms with E-state index in [0.717, 1.165) is 0 Å². The fraction of sp³-hybridized carbons (Fsp3) is 0.200. The summed E-state index contributed by atoms with van der Waals surface area (Å²) in [6.07, 6.45) is 2.78. The summed E-state index contributed by atoms with van der Waals surface area (Å²) in [4.78, 5) is 22.1. The summed E-state index contributed by atoms with van der Waals surface area (Å²) < 4.78 is 1.51. The largest absolute Gasteiger partial charge is 0.321 e. The van der Waals surface area contributed by atoms with Crippen LogP contribution in [0.1, 0.15) is 6.92 Å². The summed E-state index contributed by atoms with van der Waals surface area (Å²) in [7, 11) is 0. The Bertz CT molecular complexity index is 407. The van der Waals surface area contributed by atoms with E-state index in [-0.39, 0.29) is 11.5 Å². The molecule has 0 aliphatic carbocycles. The Morgan fingerprint density at radius 3 is 2.93 bits per heavy atom. The van der Waals surface area contributed by atoms with Gasteiger partial charge in [0.05, 0.1) is 5.69 Å². The van der Waals surface area contributed by atoms with Crippen LogP contribution in [0, 0.1) is 0 Å². The van der Waals surface area contributed by atoms with Crippen LogP contribution in [-0.2, 0) is 11.3 Å². The molecule has 1 amide bonds. The summed E-state index contributed by atoms with van der Waals surface area (Å²) in [6, 6.07) is 2.98. The Hall–Kier alpha value is -1.84. The lowest BCUT2D eigenvalue weighted by molar-refractivity contribution is -0.111. The standard InChI is InChI=1S/C10H12N2O2/c1-3-9(13)11-8-5-6-10(14)12(4-2)7-8/h3,5-7H,1,4H2,2H3,(H,11,13). The Morgan fingerprint density at radius 2 is 2.36 bits per heavy atom. The van der Waals surface area contributed by atoms with E-state index >= 15 is 0 Å². The van der Waals surface area contributed by atoms with E-state index in [1.807, 2.05) is 6.92 Å². The molecule has 0 unspecified atom stereocenters. The van der Waals surface area contributed by atoms with Crippen molar-refractivity contribution in [3.8, 4) is 0 Å². The minimum absolute atomic E-state index is 0.0795. The maximum Gasteiger partial charge on any atom is 0.250 e. The highest BCUT2D eigenvalue weighted by molar-refractivity contribution is 5.98. The van der Waals surface area contributed by atoms with Gasteiger partial charge in [-0.3, -0.25) is 9.59 Å². The van der Waals surface area contributed by atoms with Crippen LogP contribution in [0.3, 0.4) is 0 Å². The summed E-state index contributed by atoms with van der Waals surface area (Å²) in [6.45, 7) is 5.78. The molecule has 0 atom stereocenters. The topological polar surface area (TPSA) is 51.1 Å². The third-order valence-electron chi connectivity index (χ3n) is 1.78. The van der Waals surface area contributed by atoms with E-state index in [4.69, 9.17) is 0 Å². The minimum Gasteiger partial charge on any atom is -0.321 e. The molecule has 1 rings (SSSR count). The van der Waals surface area contributed by atoms with Crippen molar-refractivity contribution in [3.05, 3.63) is 41.3 Å². The predicted octanol–water partition coefficient (Wildman–Crippen LogP) is 0.993. The van der Waals surface area contributed by atoms with E-state index in [9.17, 15) is 9.59 Å². The summed E-state index contributed by atoms with van der Waals surface area (Å²) in [5, 5.41) is 2.58. The number of carbonyl (C=O) groups excluding carboxylic acids is 1. The molecule has 4 nitrogen and oxygen atoms in total. The molecule has 0 saturated carbocycles. The number of amides is 1. The Kier molecular flexibility index (Phi) is 3.23. The molecule has 0 bridgehead atoms. The maximum absolute atomic E-state index is 11.2. The van der Waals surface area contributed by atoms with Gasteiger partial charge in [-0.25, -0.2) is 0 Å². The zero-order valence-electron chi connectivity index (χ0n) is 7.99. The zero-order valence-corrected chi connectivity index (χ0v) is 7.99. The Balaban J connectivity index is 2.95. The maximum atomic E-state index is 11.2. The van der Waals surface area contributed by atoms with Crippen LogP contribution in [0.25, 0.3) is 0 Å². The molecule has 74 valence electrons. The molecule has 0 fully saturated rings. The van der Waals surface area contributed by atoms with Crippen molar-refractivity contribution in [1.29, 1.82) is 0 Å². The van der Waals surface area contributed by atoms with Gasteiger partial charge in [0.1, 0.15) is 0 Å². The van der Waals surface area contributed by atoms with Gasteiger partial charge in [0, 0.05) is 18.8 Å². The van der Waals surface area contributed by atoms with Crippen molar-refractivity contribution in [2.75, 3.05) is 5.32 Å². The monoisotopic (exact) mass is 192 g/mol. The highest BCUT2D eigenvalue weighted by atomic mass is 16.1. The number of nitrogens with one attached hydrogen (secondary N) is 1. The number of aromatic nitrogens is 1. The summed E-state index contributed by atoms with van der Waals surface area (Å²) in [5.74, 6) is -0.286. The van der Waals surface area contributed by atoms with Crippen molar-refractivity contribution in [2.45, 2.75) is 13.5 Å². The van der Waals surface area contributed by atoms with Crippen molar-refractivity contribution >= 4 is 11.6 Å². The molecule has 0 aliphatic heterocycles. The lowest BCUT2D eigenvalue weighted by Gasteiger charge is -2.05. The van der Waals surface area contributed by atoms with Gasteiger partial charge < -0.3 is 9.88 Å². The van der Waals surface area contributed by atoms with E-state index < -0.39 is 0 Å². The predicted molar refractivity (Wildman–Crippen MR) is 55.2 cm³/mol. The second-order valence-corrected chi connectivity index (χ2v) is 2.74. The highest BCUT2D eigenvalue weighted by Crippen LogP contribution is 2.02. The van der Waals surface area contributed by atoms with Crippen LogP contribution in [0.4, 0.5) is 5.69 Å². The normalized spacial score (nSPS) is 9.50. The molecular weight excluding hydrogens is 180 g/mol. The first-order chi connectivity index (χ1) is 6.67. The van der Waals surface area contributed by atoms with Crippen LogP contribution >= 0.6 is 0 Å². The molecule has 0 aromatic carbocycles. The molecular formula is C10H12N2O2. The molecule has 1 aromatic rings. The van der Waals surface area contributed by atoms with Gasteiger partial charge in [-0.1, -0.05) is 6.58 Å². The summed E-state index contributed by atoms with van der Waals surface area (Å²) in [5.41, 5.74) is 0.514. The number of pyridine rings is 1. The van der Waals surface area contributed by atoms with Crippen molar-refractivity contribution in [3.63, 3.8) is 0 Å². The number of hydrogen-bond acceptors (Lipinski definition) is 2. The lowest BCUT2D eigenvalue weighted by atomic mass is 10.4. The van der Waals surface area contributed by atoms with Crippen molar-refractivity contribution in [1.82, 2.24) is 4.57 Å². The van der Waals surface area contributed by atoms with Crippen LogP contribution in [0.5, 0.6) is 0 Å². The number of hydrogen-bond donors (Lipinski definition) is 1. The number of aryl methyl sites for hydroxylation is 1. The van der Waals surface area contributed by atoms with E-state index in [0.29, 0.717) is 12.2 Å². The first-order valence-corrected chi connectivity index (χ1v) is 4.31. The van der Waals surface area contributed by atoms with E-state index in [1.54, 1.807) is 12.3 Å².